The van der Waals surface area contributed by atoms with Gasteiger partial charge in [0.15, 0.2) is 0 Å². The third kappa shape index (κ3) is 2.60. The van der Waals surface area contributed by atoms with Gasteiger partial charge in [-0.15, -0.1) is 0 Å². The van der Waals surface area contributed by atoms with Crippen LogP contribution >= 0.6 is 0 Å². The molecule has 0 spiro atoms. The standard InChI is InChI=1S/C14H28N2/c1-12(2)13-4-8-16(10-13)9-7-14(11-15)5-3-6-14/h12-13H,3-11,15H2,1-2H3. The van der Waals surface area contributed by atoms with E-state index >= 15 is 0 Å². The Hall–Kier alpha value is -0.0800. The molecule has 1 atom stereocenters. The molecule has 0 amide bonds. The first kappa shape index (κ1) is 12.4. The van der Waals surface area contributed by atoms with Gasteiger partial charge in [-0.05, 0) is 62.6 Å². The van der Waals surface area contributed by atoms with Crippen LogP contribution in [0.4, 0.5) is 0 Å². The number of nitrogens with zero attached hydrogens (tertiary/aromatic N) is 1. The zero-order valence-corrected chi connectivity index (χ0v) is 11.0. The van der Waals surface area contributed by atoms with E-state index in [2.05, 4.69) is 18.7 Å². The lowest BCUT2D eigenvalue weighted by atomic mass is 9.66. The molecule has 2 rings (SSSR count). The summed E-state index contributed by atoms with van der Waals surface area (Å²) in [5.74, 6) is 1.80. The summed E-state index contributed by atoms with van der Waals surface area (Å²) in [5.41, 5.74) is 6.45. The molecule has 1 aliphatic heterocycles. The average Bonchev–Trinajstić information content (AvgIpc) is 2.65. The first-order chi connectivity index (χ1) is 7.65. The lowest BCUT2D eigenvalue weighted by Gasteiger charge is -2.42. The molecule has 1 saturated heterocycles. The zero-order valence-electron chi connectivity index (χ0n) is 11.0. The maximum atomic E-state index is 5.91. The fourth-order valence-electron chi connectivity index (χ4n) is 3.24. The van der Waals surface area contributed by atoms with E-state index in [1.54, 1.807) is 0 Å². The quantitative estimate of drug-likeness (QED) is 0.777. The first-order valence-electron chi connectivity index (χ1n) is 7.08. The molecule has 94 valence electrons. The highest BCUT2D eigenvalue weighted by atomic mass is 15.1. The fourth-order valence-corrected chi connectivity index (χ4v) is 3.24. The number of hydrogen-bond acceptors (Lipinski definition) is 2. The van der Waals surface area contributed by atoms with Crippen LogP contribution in [0.15, 0.2) is 0 Å². The van der Waals surface area contributed by atoms with E-state index in [1.165, 1.54) is 51.7 Å². The van der Waals surface area contributed by atoms with Crippen molar-refractivity contribution in [3.8, 4) is 0 Å². The summed E-state index contributed by atoms with van der Waals surface area (Å²) in [6.45, 7) is 9.58. The molecule has 2 aliphatic rings. The molecular weight excluding hydrogens is 196 g/mol. The molecule has 0 aromatic heterocycles. The van der Waals surface area contributed by atoms with Gasteiger partial charge in [0.1, 0.15) is 0 Å². The summed E-state index contributed by atoms with van der Waals surface area (Å²) in [6.07, 6.45) is 6.92. The Morgan fingerprint density at radius 2 is 2.12 bits per heavy atom. The predicted molar refractivity (Wildman–Crippen MR) is 69.3 cm³/mol. The van der Waals surface area contributed by atoms with Gasteiger partial charge in [0.2, 0.25) is 0 Å². The van der Waals surface area contributed by atoms with Crippen molar-refractivity contribution >= 4 is 0 Å². The predicted octanol–water partition coefficient (Wildman–Crippen LogP) is 2.48. The SMILES string of the molecule is CC(C)C1CCN(CCC2(CN)CCC2)C1. The van der Waals surface area contributed by atoms with Crippen LogP contribution in [0.5, 0.6) is 0 Å². The van der Waals surface area contributed by atoms with E-state index in [-0.39, 0.29) is 0 Å². The molecule has 0 aromatic rings. The highest BCUT2D eigenvalue weighted by Gasteiger charge is 2.36. The Morgan fingerprint density at radius 3 is 2.56 bits per heavy atom. The Morgan fingerprint density at radius 1 is 1.38 bits per heavy atom. The third-order valence-electron chi connectivity index (χ3n) is 5.06. The van der Waals surface area contributed by atoms with Gasteiger partial charge in [-0.3, -0.25) is 0 Å². The lowest BCUT2D eigenvalue weighted by Crippen LogP contribution is -2.40. The van der Waals surface area contributed by atoms with Gasteiger partial charge in [-0.2, -0.15) is 0 Å². The summed E-state index contributed by atoms with van der Waals surface area (Å²) in [5, 5.41) is 0. The Kier molecular flexibility index (Phi) is 3.91. The van der Waals surface area contributed by atoms with Crippen molar-refractivity contribution < 1.29 is 0 Å². The van der Waals surface area contributed by atoms with Gasteiger partial charge in [-0.1, -0.05) is 20.3 Å². The van der Waals surface area contributed by atoms with E-state index in [9.17, 15) is 0 Å². The number of hydrogen-bond donors (Lipinski definition) is 1. The Labute approximate surface area is 101 Å². The largest absolute Gasteiger partial charge is 0.330 e. The van der Waals surface area contributed by atoms with Crippen LogP contribution in [-0.2, 0) is 0 Å². The van der Waals surface area contributed by atoms with Crippen LogP contribution < -0.4 is 5.73 Å². The molecule has 1 saturated carbocycles. The highest BCUT2D eigenvalue weighted by Crippen LogP contribution is 2.43. The molecular formula is C14H28N2. The number of rotatable bonds is 5. The molecule has 2 heteroatoms. The monoisotopic (exact) mass is 224 g/mol. The van der Waals surface area contributed by atoms with Crippen molar-refractivity contribution in [2.45, 2.75) is 46.0 Å². The molecule has 0 radical (unpaired) electrons. The second-order valence-electron chi connectivity index (χ2n) is 6.40. The van der Waals surface area contributed by atoms with Crippen LogP contribution in [0.2, 0.25) is 0 Å². The normalized spacial score (nSPS) is 29.6. The average molecular weight is 224 g/mol. The Balaban J connectivity index is 1.71. The summed E-state index contributed by atoms with van der Waals surface area (Å²) in [7, 11) is 0. The maximum absolute atomic E-state index is 5.91. The van der Waals surface area contributed by atoms with Crippen molar-refractivity contribution in [2.24, 2.45) is 23.0 Å². The van der Waals surface area contributed by atoms with Crippen LogP contribution in [0, 0.1) is 17.3 Å². The third-order valence-corrected chi connectivity index (χ3v) is 5.06. The molecule has 1 heterocycles. The summed E-state index contributed by atoms with van der Waals surface area (Å²) in [4.78, 5) is 2.67. The maximum Gasteiger partial charge on any atom is 0.00126 e. The highest BCUT2D eigenvalue weighted by molar-refractivity contribution is 4.90. The van der Waals surface area contributed by atoms with Crippen LogP contribution in [0.1, 0.15) is 46.0 Å². The number of likely N-dealkylation sites (tertiary alicyclic amines) is 1. The van der Waals surface area contributed by atoms with Gasteiger partial charge >= 0.3 is 0 Å². The van der Waals surface area contributed by atoms with Gasteiger partial charge in [0.25, 0.3) is 0 Å². The molecule has 2 nitrogen and oxygen atoms in total. The molecule has 0 aromatic carbocycles. The van der Waals surface area contributed by atoms with E-state index in [0.717, 1.165) is 18.4 Å². The van der Waals surface area contributed by atoms with E-state index in [4.69, 9.17) is 5.73 Å². The second-order valence-corrected chi connectivity index (χ2v) is 6.40. The van der Waals surface area contributed by atoms with Gasteiger partial charge in [0.05, 0.1) is 0 Å². The smallest absolute Gasteiger partial charge is 0.00126 e. The molecule has 2 N–H and O–H groups in total. The minimum absolute atomic E-state index is 0.538. The van der Waals surface area contributed by atoms with E-state index < -0.39 is 0 Å². The first-order valence-corrected chi connectivity index (χ1v) is 7.08. The van der Waals surface area contributed by atoms with Crippen LogP contribution in [0.3, 0.4) is 0 Å². The Bertz CT molecular complexity index is 215. The molecule has 2 fully saturated rings. The van der Waals surface area contributed by atoms with Crippen molar-refractivity contribution in [3.63, 3.8) is 0 Å². The van der Waals surface area contributed by atoms with Gasteiger partial charge < -0.3 is 10.6 Å². The van der Waals surface area contributed by atoms with Crippen molar-refractivity contribution in [2.75, 3.05) is 26.2 Å². The van der Waals surface area contributed by atoms with Gasteiger partial charge in [-0.25, -0.2) is 0 Å². The summed E-state index contributed by atoms with van der Waals surface area (Å²) < 4.78 is 0. The minimum atomic E-state index is 0.538. The zero-order chi connectivity index (χ0) is 11.6. The van der Waals surface area contributed by atoms with Gasteiger partial charge in [0, 0.05) is 6.54 Å². The molecule has 1 aliphatic carbocycles. The number of nitrogens with two attached hydrogens (primary N) is 1. The van der Waals surface area contributed by atoms with Crippen LogP contribution in [-0.4, -0.2) is 31.1 Å². The van der Waals surface area contributed by atoms with Crippen LogP contribution in [0.25, 0.3) is 0 Å². The van der Waals surface area contributed by atoms with Crippen molar-refractivity contribution in [1.29, 1.82) is 0 Å². The summed E-state index contributed by atoms with van der Waals surface area (Å²) in [6, 6.07) is 0. The van der Waals surface area contributed by atoms with Crippen molar-refractivity contribution in [1.82, 2.24) is 4.90 Å². The van der Waals surface area contributed by atoms with Crippen molar-refractivity contribution in [3.05, 3.63) is 0 Å². The summed E-state index contributed by atoms with van der Waals surface area (Å²) >= 11 is 0. The molecule has 1 unspecified atom stereocenters. The van der Waals surface area contributed by atoms with E-state index in [0.29, 0.717) is 5.41 Å². The lowest BCUT2D eigenvalue weighted by molar-refractivity contribution is 0.110. The molecule has 16 heavy (non-hydrogen) atoms. The molecule has 0 bridgehead atoms. The second kappa shape index (κ2) is 5.05. The minimum Gasteiger partial charge on any atom is -0.330 e. The topological polar surface area (TPSA) is 29.3 Å². The van der Waals surface area contributed by atoms with E-state index in [1.807, 2.05) is 0 Å². The fraction of sp³-hybridized carbons (Fsp3) is 1.00.